The molecule has 1 aliphatic rings. The molecule has 0 fully saturated rings. The summed E-state index contributed by atoms with van der Waals surface area (Å²) in [6, 6.07) is 5.85. The summed E-state index contributed by atoms with van der Waals surface area (Å²) in [5, 5.41) is 0.964. The Kier molecular flexibility index (Phi) is 4.42. The number of furan rings is 1. The van der Waals surface area contributed by atoms with Crippen LogP contribution in [0.5, 0.6) is 5.75 Å². The molecule has 1 amide bonds. The van der Waals surface area contributed by atoms with Gasteiger partial charge < -0.3 is 14.1 Å². The second kappa shape index (κ2) is 6.49. The Morgan fingerprint density at radius 1 is 1.43 bits per heavy atom. The number of hydrogen-bond acceptors (Lipinski definition) is 3. The zero-order valence-electron chi connectivity index (χ0n) is 14.0. The highest BCUT2D eigenvalue weighted by Gasteiger charge is 2.29. The predicted molar refractivity (Wildman–Crippen MR) is 91.0 cm³/mol. The summed E-state index contributed by atoms with van der Waals surface area (Å²) < 4.78 is 11.1. The average molecular weight is 313 g/mol. The first-order chi connectivity index (χ1) is 11.2. The summed E-state index contributed by atoms with van der Waals surface area (Å²) in [5.74, 6) is 1.15. The molecule has 2 heterocycles. The molecule has 4 heteroatoms. The van der Waals surface area contributed by atoms with Gasteiger partial charge >= 0.3 is 0 Å². The van der Waals surface area contributed by atoms with E-state index in [4.69, 9.17) is 9.15 Å². The molecule has 23 heavy (non-hydrogen) atoms. The molecule has 0 saturated carbocycles. The smallest absolute Gasteiger partial charge is 0.290 e. The lowest BCUT2D eigenvalue weighted by atomic mass is 10.1. The Balaban J connectivity index is 1.90. The van der Waals surface area contributed by atoms with Crippen molar-refractivity contribution in [2.24, 2.45) is 0 Å². The van der Waals surface area contributed by atoms with Gasteiger partial charge in [-0.05, 0) is 25.5 Å². The average Bonchev–Trinajstić information content (AvgIpc) is 3.16. The second-order valence-electron chi connectivity index (χ2n) is 6.01. The normalized spacial score (nSPS) is 17.2. The van der Waals surface area contributed by atoms with Crippen molar-refractivity contribution in [2.75, 3.05) is 13.7 Å². The van der Waals surface area contributed by atoms with Crippen LogP contribution in [0, 0.1) is 6.92 Å². The van der Waals surface area contributed by atoms with Crippen LogP contribution < -0.4 is 4.74 Å². The third-order valence-electron chi connectivity index (χ3n) is 4.51. The van der Waals surface area contributed by atoms with Gasteiger partial charge in [-0.15, -0.1) is 0 Å². The van der Waals surface area contributed by atoms with Gasteiger partial charge in [-0.2, -0.15) is 0 Å². The Morgan fingerprint density at radius 2 is 2.26 bits per heavy atom. The van der Waals surface area contributed by atoms with Gasteiger partial charge in [-0.3, -0.25) is 4.79 Å². The number of carbonyl (C=O) groups is 1. The number of aryl methyl sites for hydroxylation is 1. The van der Waals surface area contributed by atoms with E-state index < -0.39 is 0 Å². The molecule has 0 saturated heterocycles. The van der Waals surface area contributed by atoms with Gasteiger partial charge in [0.05, 0.1) is 13.2 Å². The van der Waals surface area contributed by atoms with E-state index in [-0.39, 0.29) is 11.9 Å². The largest absolute Gasteiger partial charge is 0.497 e. The molecule has 1 atom stereocenters. The Bertz CT molecular complexity index is 744. The number of ether oxygens (including phenoxy) is 1. The highest BCUT2D eigenvalue weighted by molar-refractivity contribution is 5.99. The minimum absolute atomic E-state index is 0.0243. The van der Waals surface area contributed by atoms with Crippen LogP contribution in [0.1, 0.15) is 42.3 Å². The van der Waals surface area contributed by atoms with Gasteiger partial charge in [0.25, 0.3) is 5.91 Å². The van der Waals surface area contributed by atoms with Crippen molar-refractivity contribution < 1.29 is 13.9 Å². The Hall–Kier alpha value is -2.23. The van der Waals surface area contributed by atoms with Crippen LogP contribution in [-0.4, -0.2) is 30.5 Å². The maximum atomic E-state index is 12.9. The summed E-state index contributed by atoms with van der Waals surface area (Å²) in [5.41, 5.74) is 1.59. The molecule has 2 aromatic rings. The summed E-state index contributed by atoms with van der Waals surface area (Å²) in [7, 11) is 1.62. The van der Waals surface area contributed by atoms with Crippen molar-refractivity contribution in [3.63, 3.8) is 0 Å². The predicted octanol–water partition coefficient (Wildman–Crippen LogP) is 4.32. The summed E-state index contributed by atoms with van der Waals surface area (Å²) in [4.78, 5) is 14.8. The van der Waals surface area contributed by atoms with Crippen LogP contribution >= 0.6 is 0 Å². The van der Waals surface area contributed by atoms with Crippen LogP contribution in [0.25, 0.3) is 11.0 Å². The fourth-order valence-electron chi connectivity index (χ4n) is 3.14. The molecule has 1 aromatic carbocycles. The summed E-state index contributed by atoms with van der Waals surface area (Å²) in [6.45, 7) is 4.77. The number of carbonyl (C=O) groups excluding carboxylic acids is 1. The van der Waals surface area contributed by atoms with Crippen LogP contribution in [0.2, 0.25) is 0 Å². The second-order valence-corrected chi connectivity index (χ2v) is 6.01. The third kappa shape index (κ3) is 2.85. The van der Waals surface area contributed by atoms with Crippen molar-refractivity contribution in [3.8, 4) is 5.75 Å². The molecule has 4 nitrogen and oxygen atoms in total. The van der Waals surface area contributed by atoms with Gasteiger partial charge in [0.15, 0.2) is 5.76 Å². The van der Waals surface area contributed by atoms with E-state index >= 15 is 0 Å². The minimum Gasteiger partial charge on any atom is -0.497 e. The number of unbranched alkanes of at least 4 members (excludes halogenated alkanes) is 1. The van der Waals surface area contributed by atoms with E-state index in [9.17, 15) is 4.79 Å². The van der Waals surface area contributed by atoms with E-state index in [1.54, 1.807) is 7.11 Å². The van der Waals surface area contributed by atoms with Crippen molar-refractivity contribution in [3.05, 3.63) is 41.7 Å². The van der Waals surface area contributed by atoms with Gasteiger partial charge in [-0.1, -0.05) is 31.9 Å². The highest BCUT2D eigenvalue weighted by Crippen LogP contribution is 2.30. The number of hydrogen-bond donors (Lipinski definition) is 0. The highest BCUT2D eigenvalue weighted by atomic mass is 16.5. The van der Waals surface area contributed by atoms with Gasteiger partial charge in [0, 0.05) is 23.6 Å². The first-order valence-electron chi connectivity index (χ1n) is 8.20. The fourth-order valence-corrected chi connectivity index (χ4v) is 3.14. The third-order valence-corrected chi connectivity index (χ3v) is 4.51. The van der Waals surface area contributed by atoms with Crippen molar-refractivity contribution in [1.82, 2.24) is 4.90 Å². The molecular formula is C19H23NO3. The molecule has 1 aliphatic heterocycles. The maximum Gasteiger partial charge on any atom is 0.290 e. The van der Waals surface area contributed by atoms with Crippen LogP contribution in [0.15, 0.2) is 34.8 Å². The van der Waals surface area contributed by atoms with E-state index in [1.807, 2.05) is 30.0 Å². The van der Waals surface area contributed by atoms with Crippen molar-refractivity contribution >= 4 is 16.9 Å². The fraction of sp³-hybridized carbons (Fsp3) is 0.421. The van der Waals surface area contributed by atoms with Gasteiger partial charge in [0.2, 0.25) is 0 Å². The van der Waals surface area contributed by atoms with E-state index in [0.717, 1.165) is 36.0 Å². The lowest BCUT2D eigenvalue weighted by Gasteiger charge is -2.23. The summed E-state index contributed by atoms with van der Waals surface area (Å²) in [6.07, 6.45) is 7.46. The number of methoxy groups -OCH3 is 1. The molecule has 0 aliphatic carbocycles. The molecule has 0 bridgehead atoms. The molecular weight excluding hydrogens is 290 g/mol. The van der Waals surface area contributed by atoms with Crippen molar-refractivity contribution in [2.45, 2.75) is 39.2 Å². The van der Waals surface area contributed by atoms with Crippen LogP contribution in [0.4, 0.5) is 0 Å². The zero-order valence-corrected chi connectivity index (χ0v) is 14.0. The first-order valence-corrected chi connectivity index (χ1v) is 8.20. The molecule has 0 unspecified atom stereocenters. The molecule has 1 aromatic heterocycles. The molecule has 122 valence electrons. The number of amides is 1. The van der Waals surface area contributed by atoms with Crippen molar-refractivity contribution in [1.29, 1.82) is 0 Å². The lowest BCUT2D eigenvalue weighted by Crippen LogP contribution is -2.36. The SMILES string of the molecule is CCCC[C@@H]1C=CCN1C(=O)c1oc2cc(OC)ccc2c1C. The Morgan fingerprint density at radius 3 is 3.00 bits per heavy atom. The number of nitrogens with zero attached hydrogens (tertiary/aromatic N) is 1. The lowest BCUT2D eigenvalue weighted by molar-refractivity contribution is 0.0712. The number of benzene rings is 1. The van der Waals surface area contributed by atoms with E-state index in [1.165, 1.54) is 0 Å². The molecule has 0 radical (unpaired) electrons. The molecule has 3 rings (SSSR count). The number of rotatable bonds is 5. The number of fused-ring (bicyclic) bond motifs is 1. The van der Waals surface area contributed by atoms with Crippen LogP contribution in [0.3, 0.4) is 0 Å². The van der Waals surface area contributed by atoms with Crippen LogP contribution in [-0.2, 0) is 0 Å². The zero-order chi connectivity index (χ0) is 16.4. The Labute approximate surface area is 136 Å². The minimum atomic E-state index is -0.0243. The quantitative estimate of drug-likeness (QED) is 0.772. The summed E-state index contributed by atoms with van der Waals surface area (Å²) >= 11 is 0. The molecule has 0 N–H and O–H groups in total. The topological polar surface area (TPSA) is 42.7 Å². The maximum absolute atomic E-state index is 12.9. The van der Waals surface area contributed by atoms with E-state index in [2.05, 4.69) is 19.1 Å². The standard InChI is InChI=1S/C19H23NO3/c1-4-5-7-14-8-6-11-20(14)19(21)18-13(2)16-10-9-15(22-3)12-17(16)23-18/h6,8-10,12,14H,4-5,7,11H2,1-3H3/t14-/m1/s1. The van der Waals surface area contributed by atoms with Gasteiger partial charge in [-0.25, -0.2) is 0 Å². The monoisotopic (exact) mass is 313 g/mol. The van der Waals surface area contributed by atoms with Gasteiger partial charge in [0.1, 0.15) is 11.3 Å². The molecule has 0 spiro atoms. The van der Waals surface area contributed by atoms with E-state index in [0.29, 0.717) is 17.9 Å². The first kappa shape index (κ1) is 15.7.